The van der Waals surface area contributed by atoms with E-state index in [4.69, 9.17) is 10.8 Å². The van der Waals surface area contributed by atoms with Gasteiger partial charge >= 0.3 is 5.97 Å². The molecule has 0 fully saturated rings. The van der Waals surface area contributed by atoms with Crippen LogP contribution in [0.25, 0.3) is 0 Å². The van der Waals surface area contributed by atoms with Crippen molar-refractivity contribution in [1.82, 2.24) is 4.98 Å². The summed E-state index contributed by atoms with van der Waals surface area (Å²) in [4.78, 5) is 15.0. The van der Waals surface area contributed by atoms with Gasteiger partial charge in [-0.1, -0.05) is 6.07 Å². The van der Waals surface area contributed by atoms with E-state index in [-0.39, 0.29) is 12.3 Å². The summed E-state index contributed by atoms with van der Waals surface area (Å²) in [5.41, 5.74) is 7.65. The summed E-state index contributed by atoms with van der Waals surface area (Å²) in [6.07, 6.45) is 3.04. The number of nitrogens with zero attached hydrogens (tertiary/aromatic N) is 1. The zero-order valence-electron chi connectivity index (χ0n) is 8.44. The van der Waals surface area contributed by atoms with Crippen LogP contribution in [0.2, 0.25) is 0 Å². The molecule has 0 spiro atoms. The summed E-state index contributed by atoms with van der Waals surface area (Å²) in [6, 6.07) is 3.67. The number of nitrogens with two attached hydrogens (primary N) is 1. The summed E-state index contributed by atoms with van der Waals surface area (Å²) < 4.78 is 0. The van der Waals surface area contributed by atoms with E-state index in [1.807, 2.05) is 6.07 Å². The molecule has 80 valence electrons. The standard InChI is InChI=1S/C11H14N2O2/c12-10-5-4-8-7(6-11(14)15)2-1-3-9(8)13-10/h4-5,7H,1-3,6H2,(H2,12,13)(H,14,15). The van der Waals surface area contributed by atoms with Gasteiger partial charge in [0.1, 0.15) is 5.82 Å². The first kappa shape index (κ1) is 9.96. The number of aliphatic carboxylic acids is 1. The number of hydrogen-bond donors (Lipinski definition) is 2. The molecule has 1 aliphatic rings. The molecule has 0 bridgehead atoms. The highest BCUT2D eigenvalue weighted by atomic mass is 16.4. The summed E-state index contributed by atoms with van der Waals surface area (Å²) in [6.45, 7) is 0. The number of pyridine rings is 1. The van der Waals surface area contributed by atoms with Crippen molar-refractivity contribution in [3.8, 4) is 0 Å². The van der Waals surface area contributed by atoms with Gasteiger partial charge in [0.25, 0.3) is 0 Å². The molecule has 2 rings (SSSR count). The van der Waals surface area contributed by atoms with Crippen LogP contribution < -0.4 is 5.73 Å². The van der Waals surface area contributed by atoms with E-state index < -0.39 is 5.97 Å². The minimum atomic E-state index is -0.746. The van der Waals surface area contributed by atoms with Gasteiger partial charge in [0, 0.05) is 5.69 Å². The van der Waals surface area contributed by atoms with Crippen LogP contribution in [0.15, 0.2) is 12.1 Å². The van der Waals surface area contributed by atoms with Crippen LogP contribution in [0.1, 0.15) is 36.4 Å². The Balaban J connectivity index is 2.30. The van der Waals surface area contributed by atoms with Gasteiger partial charge < -0.3 is 10.8 Å². The van der Waals surface area contributed by atoms with Crippen molar-refractivity contribution >= 4 is 11.8 Å². The topological polar surface area (TPSA) is 76.2 Å². The van der Waals surface area contributed by atoms with Crippen LogP contribution >= 0.6 is 0 Å². The van der Waals surface area contributed by atoms with Gasteiger partial charge in [-0.25, -0.2) is 4.98 Å². The van der Waals surface area contributed by atoms with E-state index in [1.54, 1.807) is 6.07 Å². The van der Waals surface area contributed by atoms with Crippen molar-refractivity contribution < 1.29 is 9.90 Å². The summed E-state index contributed by atoms with van der Waals surface area (Å²) in [5, 5.41) is 8.80. The Morgan fingerprint density at radius 2 is 2.40 bits per heavy atom. The first-order valence-corrected chi connectivity index (χ1v) is 5.14. The fourth-order valence-corrected chi connectivity index (χ4v) is 2.20. The second-order valence-corrected chi connectivity index (χ2v) is 3.96. The highest BCUT2D eigenvalue weighted by Crippen LogP contribution is 2.33. The normalized spacial score (nSPS) is 19.6. The van der Waals surface area contributed by atoms with Crippen molar-refractivity contribution in [1.29, 1.82) is 0 Å². The van der Waals surface area contributed by atoms with Crippen molar-refractivity contribution in [2.24, 2.45) is 0 Å². The number of aryl methyl sites for hydroxylation is 1. The lowest BCUT2D eigenvalue weighted by molar-refractivity contribution is -0.137. The van der Waals surface area contributed by atoms with Crippen LogP contribution in [0.3, 0.4) is 0 Å². The number of aromatic nitrogens is 1. The van der Waals surface area contributed by atoms with Gasteiger partial charge in [-0.05, 0) is 36.8 Å². The van der Waals surface area contributed by atoms with Gasteiger partial charge in [0.2, 0.25) is 0 Å². The predicted molar refractivity (Wildman–Crippen MR) is 56.6 cm³/mol. The van der Waals surface area contributed by atoms with Crippen LogP contribution in [-0.4, -0.2) is 16.1 Å². The van der Waals surface area contributed by atoms with E-state index in [1.165, 1.54) is 0 Å². The Bertz CT molecular complexity index is 390. The number of carboxylic acids is 1. The van der Waals surface area contributed by atoms with Crippen LogP contribution in [-0.2, 0) is 11.2 Å². The minimum Gasteiger partial charge on any atom is -0.481 e. The second-order valence-electron chi connectivity index (χ2n) is 3.96. The van der Waals surface area contributed by atoms with Gasteiger partial charge in [-0.2, -0.15) is 0 Å². The molecular weight excluding hydrogens is 192 g/mol. The number of carboxylic acid groups (broad SMARTS) is 1. The molecule has 1 aromatic heterocycles. The number of anilines is 1. The molecule has 1 aliphatic carbocycles. The van der Waals surface area contributed by atoms with Crippen LogP contribution in [0.4, 0.5) is 5.82 Å². The molecule has 0 saturated carbocycles. The lowest BCUT2D eigenvalue weighted by Crippen LogP contribution is -2.15. The molecule has 0 radical (unpaired) electrons. The second kappa shape index (κ2) is 3.88. The van der Waals surface area contributed by atoms with Gasteiger partial charge in [0.05, 0.1) is 6.42 Å². The van der Waals surface area contributed by atoms with E-state index in [0.717, 1.165) is 30.5 Å². The number of nitrogen functional groups attached to an aromatic ring is 1. The molecule has 3 N–H and O–H groups in total. The molecule has 4 nitrogen and oxygen atoms in total. The fourth-order valence-electron chi connectivity index (χ4n) is 2.20. The van der Waals surface area contributed by atoms with Crippen molar-refractivity contribution in [2.75, 3.05) is 5.73 Å². The molecular formula is C11H14N2O2. The highest BCUT2D eigenvalue weighted by molar-refractivity contribution is 5.68. The van der Waals surface area contributed by atoms with Gasteiger partial charge in [-0.3, -0.25) is 4.79 Å². The molecule has 0 aromatic carbocycles. The molecule has 4 heteroatoms. The molecule has 1 aromatic rings. The van der Waals surface area contributed by atoms with E-state index in [0.29, 0.717) is 5.82 Å². The Kier molecular flexibility index (Phi) is 2.58. The lowest BCUT2D eigenvalue weighted by atomic mass is 9.83. The molecule has 15 heavy (non-hydrogen) atoms. The largest absolute Gasteiger partial charge is 0.481 e. The molecule has 1 atom stereocenters. The van der Waals surface area contributed by atoms with Crippen LogP contribution in [0, 0.1) is 0 Å². The van der Waals surface area contributed by atoms with E-state index in [9.17, 15) is 4.79 Å². The molecule has 0 amide bonds. The minimum absolute atomic E-state index is 0.111. The monoisotopic (exact) mass is 206 g/mol. The first-order chi connectivity index (χ1) is 7.16. The zero-order chi connectivity index (χ0) is 10.8. The van der Waals surface area contributed by atoms with Crippen molar-refractivity contribution in [2.45, 2.75) is 31.6 Å². The molecule has 1 heterocycles. The maximum atomic E-state index is 10.7. The number of rotatable bonds is 2. The Morgan fingerprint density at radius 3 is 3.13 bits per heavy atom. The van der Waals surface area contributed by atoms with Gasteiger partial charge in [0.15, 0.2) is 0 Å². The number of hydrogen-bond acceptors (Lipinski definition) is 3. The predicted octanol–water partition coefficient (Wildman–Crippen LogP) is 1.56. The highest BCUT2D eigenvalue weighted by Gasteiger charge is 2.23. The summed E-state index contributed by atoms with van der Waals surface area (Å²) in [7, 11) is 0. The maximum Gasteiger partial charge on any atom is 0.303 e. The summed E-state index contributed by atoms with van der Waals surface area (Å²) >= 11 is 0. The molecule has 1 unspecified atom stereocenters. The number of carbonyl (C=O) groups is 1. The summed E-state index contributed by atoms with van der Waals surface area (Å²) in [5.74, 6) is -0.117. The smallest absolute Gasteiger partial charge is 0.303 e. The third kappa shape index (κ3) is 2.09. The maximum absolute atomic E-state index is 10.7. The Hall–Kier alpha value is -1.58. The quantitative estimate of drug-likeness (QED) is 0.769. The Morgan fingerprint density at radius 1 is 1.60 bits per heavy atom. The fraction of sp³-hybridized carbons (Fsp3) is 0.455. The lowest BCUT2D eigenvalue weighted by Gasteiger charge is -2.23. The Labute approximate surface area is 88.1 Å². The van der Waals surface area contributed by atoms with Gasteiger partial charge in [-0.15, -0.1) is 0 Å². The van der Waals surface area contributed by atoms with Crippen LogP contribution in [0.5, 0.6) is 0 Å². The van der Waals surface area contributed by atoms with Crippen molar-refractivity contribution in [3.63, 3.8) is 0 Å². The molecule has 0 saturated heterocycles. The third-order valence-electron chi connectivity index (χ3n) is 2.86. The third-order valence-corrected chi connectivity index (χ3v) is 2.86. The van der Waals surface area contributed by atoms with E-state index >= 15 is 0 Å². The number of fused-ring (bicyclic) bond motifs is 1. The van der Waals surface area contributed by atoms with E-state index in [2.05, 4.69) is 4.98 Å². The van der Waals surface area contributed by atoms with Crippen molar-refractivity contribution in [3.05, 3.63) is 23.4 Å². The average molecular weight is 206 g/mol. The average Bonchev–Trinajstić information content (AvgIpc) is 2.16. The first-order valence-electron chi connectivity index (χ1n) is 5.14. The SMILES string of the molecule is Nc1ccc2c(n1)CCCC2CC(=O)O. The zero-order valence-corrected chi connectivity index (χ0v) is 8.44. The molecule has 0 aliphatic heterocycles.